The first kappa shape index (κ1) is 12.7. The lowest BCUT2D eigenvalue weighted by Crippen LogP contribution is -2.22. The number of nitrogens with zero attached hydrogens (tertiary/aromatic N) is 3. The van der Waals surface area contributed by atoms with Crippen molar-refractivity contribution in [3.63, 3.8) is 0 Å². The Balaban J connectivity index is 1.77. The van der Waals surface area contributed by atoms with Gasteiger partial charge < -0.3 is 10.0 Å². The largest absolute Gasteiger partial charge is 0.391 e. The van der Waals surface area contributed by atoms with E-state index in [0.717, 1.165) is 30.2 Å². The summed E-state index contributed by atoms with van der Waals surface area (Å²) < 4.78 is 1.22. The molecule has 4 rings (SSSR count). The van der Waals surface area contributed by atoms with Gasteiger partial charge in [-0.3, -0.25) is 0 Å². The third-order valence-electron chi connectivity index (χ3n) is 3.85. The summed E-state index contributed by atoms with van der Waals surface area (Å²) in [5.41, 5.74) is 1.07. The second-order valence-corrected chi connectivity index (χ2v) is 6.19. The van der Waals surface area contributed by atoms with Crippen LogP contribution < -0.4 is 4.90 Å². The Morgan fingerprint density at radius 1 is 1.24 bits per heavy atom. The van der Waals surface area contributed by atoms with Crippen molar-refractivity contribution in [3.8, 4) is 11.4 Å². The standard InChI is InChI=1S/C16H15N3OS/c20-12-5-8-19(10-12)14-4-7-17-16(18-14)13-3-1-2-11-6-9-21-15(11)13/h1-4,6-7,9,12,20H,5,8,10H2/t12-/m0/s1. The van der Waals surface area contributed by atoms with E-state index in [9.17, 15) is 5.11 Å². The number of anilines is 1. The fraction of sp³-hybridized carbons (Fsp3) is 0.250. The summed E-state index contributed by atoms with van der Waals surface area (Å²) in [4.78, 5) is 11.3. The zero-order valence-corrected chi connectivity index (χ0v) is 12.3. The summed E-state index contributed by atoms with van der Waals surface area (Å²) in [6.45, 7) is 1.50. The SMILES string of the molecule is O[C@H]1CCN(c2ccnc(-c3cccc4ccsc34)n2)C1. The van der Waals surface area contributed by atoms with Gasteiger partial charge in [-0.2, -0.15) is 0 Å². The zero-order valence-electron chi connectivity index (χ0n) is 11.4. The molecule has 3 aromatic rings. The van der Waals surface area contributed by atoms with E-state index in [-0.39, 0.29) is 6.10 Å². The lowest BCUT2D eigenvalue weighted by Gasteiger charge is -2.16. The average molecular weight is 297 g/mol. The van der Waals surface area contributed by atoms with Crippen molar-refractivity contribution in [2.75, 3.05) is 18.0 Å². The minimum atomic E-state index is -0.246. The van der Waals surface area contributed by atoms with Crippen LogP contribution in [0.25, 0.3) is 21.5 Å². The molecule has 1 saturated heterocycles. The highest BCUT2D eigenvalue weighted by molar-refractivity contribution is 7.17. The molecule has 0 spiro atoms. The second-order valence-electron chi connectivity index (χ2n) is 5.27. The Morgan fingerprint density at radius 3 is 3.05 bits per heavy atom. The van der Waals surface area contributed by atoms with Gasteiger partial charge in [0.05, 0.1) is 6.10 Å². The number of β-amino-alcohol motifs (C(OH)–C–C–N with tert-alkyl or cyclic N) is 1. The normalized spacial score (nSPS) is 18.5. The molecule has 0 radical (unpaired) electrons. The molecular weight excluding hydrogens is 282 g/mol. The lowest BCUT2D eigenvalue weighted by molar-refractivity contribution is 0.198. The second kappa shape index (κ2) is 5.09. The predicted molar refractivity (Wildman–Crippen MR) is 85.7 cm³/mol. The van der Waals surface area contributed by atoms with Crippen LogP contribution in [0.5, 0.6) is 0 Å². The lowest BCUT2D eigenvalue weighted by atomic mass is 10.1. The van der Waals surface area contributed by atoms with Gasteiger partial charge in [0.2, 0.25) is 0 Å². The highest BCUT2D eigenvalue weighted by Crippen LogP contribution is 2.31. The average Bonchev–Trinajstić information content (AvgIpc) is 3.15. The Morgan fingerprint density at radius 2 is 2.19 bits per heavy atom. The van der Waals surface area contributed by atoms with E-state index in [0.29, 0.717) is 6.54 Å². The maximum atomic E-state index is 9.68. The fourth-order valence-electron chi connectivity index (χ4n) is 2.77. The maximum absolute atomic E-state index is 9.68. The van der Waals surface area contributed by atoms with Crippen LogP contribution in [0, 0.1) is 0 Å². The molecule has 1 aromatic carbocycles. The molecule has 1 aliphatic heterocycles. The molecule has 5 heteroatoms. The van der Waals surface area contributed by atoms with Gasteiger partial charge in [-0.05, 0) is 35.4 Å². The molecule has 4 nitrogen and oxygen atoms in total. The van der Waals surface area contributed by atoms with Crippen molar-refractivity contribution in [3.05, 3.63) is 41.9 Å². The van der Waals surface area contributed by atoms with Gasteiger partial charge in [-0.25, -0.2) is 9.97 Å². The third-order valence-corrected chi connectivity index (χ3v) is 4.81. The molecular formula is C16H15N3OS. The number of hydrogen-bond acceptors (Lipinski definition) is 5. The van der Waals surface area contributed by atoms with Gasteiger partial charge in [0.1, 0.15) is 5.82 Å². The van der Waals surface area contributed by atoms with E-state index in [2.05, 4.69) is 33.5 Å². The van der Waals surface area contributed by atoms with Crippen molar-refractivity contribution < 1.29 is 5.11 Å². The number of rotatable bonds is 2. The molecule has 1 N–H and O–H groups in total. The van der Waals surface area contributed by atoms with Crippen molar-refractivity contribution >= 4 is 27.2 Å². The Bertz CT molecular complexity index is 786. The summed E-state index contributed by atoms with van der Waals surface area (Å²) in [6, 6.07) is 10.2. The van der Waals surface area contributed by atoms with Crippen LogP contribution >= 0.6 is 11.3 Å². The van der Waals surface area contributed by atoms with Crippen LogP contribution in [-0.4, -0.2) is 34.3 Å². The minimum Gasteiger partial charge on any atom is -0.391 e. The fourth-order valence-corrected chi connectivity index (χ4v) is 3.68. The molecule has 0 unspecified atom stereocenters. The van der Waals surface area contributed by atoms with Crippen molar-refractivity contribution in [1.82, 2.24) is 9.97 Å². The highest BCUT2D eigenvalue weighted by atomic mass is 32.1. The van der Waals surface area contributed by atoms with Gasteiger partial charge >= 0.3 is 0 Å². The highest BCUT2D eigenvalue weighted by Gasteiger charge is 2.21. The van der Waals surface area contributed by atoms with Gasteiger partial charge in [0.15, 0.2) is 5.82 Å². The number of aliphatic hydroxyl groups excluding tert-OH is 1. The number of thiophene rings is 1. The molecule has 0 saturated carbocycles. The molecule has 2 aromatic heterocycles. The summed E-state index contributed by atoms with van der Waals surface area (Å²) in [5.74, 6) is 1.65. The van der Waals surface area contributed by atoms with Crippen molar-refractivity contribution in [1.29, 1.82) is 0 Å². The Hall–Kier alpha value is -1.98. The first-order valence-corrected chi connectivity index (χ1v) is 7.92. The van der Waals surface area contributed by atoms with Crippen LogP contribution in [0.2, 0.25) is 0 Å². The molecule has 106 valence electrons. The van der Waals surface area contributed by atoms with E-state index >= 15 is 0 Å². The van der Waals surface area contributed by atoms with Crippen molar-refractivity contribution in [2.24, 2.45) is 0 Å². The van der Waals surface area contributed by atoms with Crippen LogP contribution in [-0.2, 0) is 0 Å². The van der Waals surface area contributed by atoms with Crippen LogP contribution in [0.1, 0.15) is 6.42 Å². The predicted octanol–water partition coefficient (Wildman–Crippen LogP) is 2.93. The first-order chi connectivity index (χ1) is 10.3. The number of fused-ring (bicyclic) bond motifs is 1. The molecule has 1 aliphatic rings. The van der Waals surface area contributed by atoms with Crippen LogP contribution in [0.15, 0.2) is 41.9 Å². The monoisotopic (exact) mass is 297 g/mol. The first-order valence-electron chi connectivity index (χ1n) is 7.04. The number of hydrogen-bond donors (Lipinski definition) is 1. The molecule has 0 amide bonds. The number of aromatic nitrogens is 2. The summed E-state index contributed by atoms with van der Waals surface area (Å²) in [6.07, 6.45) is 2.36. The summed E-state index contributed by atoms with van der Waals surface area (Å²) in [7, 11) is 0. The molecule has 1 atom stereocenters. The molecule has 0 bridgehead atoms. The topological polar surface area (TPSA) is 49.2 Å². The van der Waals surface area contributed by atoms with Crippen LogP contribution in [0.3, 0.4) is 0 Å². The number of aliphatic hydroxyl groups is 1. The molecule has 21 heavy (non-hydrogen) atoms. The van der Waals surface area contributed by atoms with E-state index < -0.39 is 0 Å². The van der Waals surface area contributed by atoms with E-state index in [4.69, 9.17) is 4.98 Å². The van der Waals surface area contributed by atoms with E-state index in [1.807, 2.05) is 12.1 Å². The molecule has 3 heterocycles. The van der Waals surface area contributed by atoms with Gasteiger partial charge in [-0.1, -0.05) is 12.1 Å². The van der Waals surface area contributed by atoms with Gasteiger partial charge in [-0.15, -0.1) is 11.3 Å². The van der Waals surface area contributed by atoms with Crippen molar-refractivity contribution in [2.45, 2.75) is 12.5 Å². The number of benzene rings is 1. The van der Waals surface area contributed by atoms with Gasteiger partial charge in [0, 0.05) is 29.5 Å². The summed E-state index contributed by atoms with van der Waals surface area (Å²) in [5, 5.41) is 13.0. The zero-order chi connectivity index (χ0) is 14.2. The molecule has 0 aliphatic carbocycles. The van der Waals surface area contributed by atoms with Gasteiger partial charge in [0.25, 0.3) is 0 Å². The minimum absolute atomic E-state index is 0.246. The van der Waals surface area contributed by atoms with Crippen LogP contribution in [0.4, 0.5) is 5.82 Å². The van der Waals surface area contributed by atoms with E-state index in [1.54, 1.807) is 17.5 Å². The smallest absolute Gasteiger partial charge is 0.162 e. The maximum Gasteiger partial charge on any atom is 0.162 e. The Labute approximate surface area is 126 Å². The third kappa shape index (κ3) is 2.28. The van der Waals surface area contributed by atoms with E-state index in [1.165, 1.54) is 10.1 Å². The Kier molecular flexibility index (Phi) is 3.09. The molecule has 1 fully saturated rings. The quantitative estimate of drug-likeness (QED) is 0.790. The summed E-state index contributed by atoms with van der Waals surface area (Å²) >= 11 is 1.71.